The molecule has 0 amide bonds. The molecule has 0 aliphatic carbocycles. The van der Waals surface area contributed by atoms with Crippen LogP contribution in [0.25, 0.3) is 0 Å². The lowest BCUT2D eigenvalue weighted by Gasteiger charge is -2.24. The van der Waals surface area contributed by atoms with E-state index in [1.54, 1.807) is 6.20 Å². The summed E-state index contributed by atoms with van der Waals surface area (Å²) < 4.78 is 29.5. The van der Waals surface area contributed by atoms with Gasteiger partial charge in [0.15, 0.2) is 0 Å². The molecular weight excluding hydrogens is 336 g/mol. The van der Waals surface area contributed by atoms with Gasteiger partial charge in [-0.05, 0) is 30.5 Å². The van der Waals surface area contributed by atoms with E-state index in [1.165, 1.54) is 18.2 Å². The second kappa shape index (κ2) is 6.32. The van der Waals surface area contributed by atoms with Gasteiger partial charge >= 0.3 is 0 Å². The highest BCUT2D eigenvalue weighted by molar-refractivity contribution is 7.89. The first-order chi connectivity index (χ1) is 11.0. The molecule has 1 N–H and O–H groups in total. The SMILES string of the molecule is N#Cc1ccc(S(=O)(=O)NC[C@@H]2CCc3nccn3C2)c(Cl)c1. The fraction of sp³-hybridized carbons (Fsp3) is 0.333. The number of hydrogen-bond donors (Lipinski definition) is 1. The van der Waals surface area contributed by atoms with Crippen molar-refractivity contribution in [2.45, 2.75) is 24.3 Å². The molecule has 0 fully saturated rings. The van der Waals surface area contributed by atoms with Gasteiger partial charge in [0.05, 0.1) is 16.7 Å². The van der Waals surface area contributed by atoms with Crippen LogP contribution in [0.3, 0.4) is 0 Å². The Bertz CT molecular complexity index is 870. The van der Waals surface area contributed by atoms with Crippen molar-refractivity contribution < 1.29 is 8.42 Å². The Morgan fingerprint density at radius 3 is 3.04 bits per heavy atom. The summed E-state index contributed by atoms with van der Waals surface area (Å²) in [6.45, 7) is 1.09. The van der Waals surface area contributed by atoms with Gasteiger partial charge in [-0.1, -0.05) is 11.6 Å². The van der Waals surface area contributed by atoms with Crippen LogP contribution >= 0.6 is 11.6 Å². The fourth-order valence-electron chi connectivity index (χ4n) is 2.70. The molecule has 0 saturated heterocycles. The number of aryl methyl sites for hydroxylation is 1. The molecule has 3 rings (SSSR count). The molecule has 2 aromatic rings. The second-order valence-corrected chi connectivity index (χ2v) is 7.65. The fourth-order valence-corrected chi connectivity index (χ4v) is 4.36. The Labute approximate surface area is 139 Å². The van der Waals surface area contributed by atoms with Gasteiger partial charge in [0.1, 0.15) is 10.7 Å². The third kappa shape index (κ3) is 3.39. The maximum absolute atomic E-state index is 12.4. The van der Waals surface area contributed by atoms with Gasteiger partial charge in [0, 0.05) is 31.9 Å². The minimum absolute atomic E-state index is 0.00250. The van der Waals surface area contributed by atoms with Crippen molar-refractivity contribution >= 4 is 21.6 Å². The maximum Gasteiger partial charge on any atom is 0.242 e. The lowest BCUT2D eigenvalue weighted by atomic mass is 10.00. The summed E-state index contributed by atoms with van der Waals surface area (Å²) in [4.78, 5) is 4.25. The monoisotopic (exact) mass is 350 g/mol. The van der Waals surface area contributed by atoms with E-state index in [-0.39, 0.29) is 15.8 Å². The lowest BCUT2D eigenvalue weighted by Crippen LogP contribution is -2.33. The number of rotatable bonds is 4. The molecule has 1 aliphatic rings. The molecule has 1 atom stereocenters. The lowest BCUT2D eigenvalue weighted by molar-refractivity contribution is 0.363. The van der Waals surface area contributed by atoms with Crippen molar-refractivity contribution in [3.63, 3.8) is 0 Å². The minimum Gasteiger partial charge on any atom is -0.335 e. The zero-order valence-corrected chi connectivity index (χ0v) is 13.8. The van der Waals surface area contributed by atoms with Crippen LogP contribution in [0.4, 0.5) is 0 Å². The standard InChI is InChI=1S/C15H15ClN4O2S/c16-13-7-11(8-17)1-3-14(13)23(21,22)19-9-12-2-4-15-18-5-6-20(15)10-12/h1,3,5-7,12,19H,2,4,9-10H2/t12-/m0/s1. The first-order valence-electron chi connectivity index (χ1n) is 7.19. The number of halogens is 1. The number of benzene rings is 1. The van der Waals surface area contributed by atoms with Crippen LogP contribution in [-0.2, 0) is 23.0 Å². The Hall–Kier alpha value is -1.88. The van der Waals surface area contributed by atoms with E-state index in [0.717, 1.165) is 25.2 Å². The number of aromatic nitrogens is 2. The summed E-state index contributed by atoms with van der Waals surface area (Å²) in [5, 5.41) is 8.86. The van der Waals surface area contributed by atoms with Gasteiger partial charge in [0.25, 0.3) is 0 Å². The molecular formula is C15H15ClN4O2S. The molecule has 1 aromatic carbocycles. The van der Waals surface area contributed by atoms with Crippen molar-refractivity contribution in [1.29, 1.82) is 5.26 Å². The van der Waals surface area contributed by atoms with Crippen molar-refractivity contribution in [3.05, 3.63) is 47.0 Å². The zero-order chi connectivity index (χ0) is 16.4. The number of nitrogens with zero attached hydrogens (tertiary/aromatic N) is 3. The summed E-state index contributed by atoms with van der Waals surface area (Å²) in [7, 11) is -3.70. The van der Waals surface area contributed by atoms with Gasteiger partial charge in [-0.2, -0.15) is 5.26 Å². The van der Waals surface area contributed by atoms with E-state index in [4.69, 9.17) is 16.9 Å². The molecule has 8 heteroatoms. The molecule has 23 heavy (non-hydrogen) atoms. The molecule has 0 spiro atoms. The van der Waals surface area contributed by atoms with E-state index >= 15 is 0 Å². The van der Waals surface area contributed by atoms with E-state index in [0.29, 0.717) is 12.1 Å². The topological polar surface area (TPSA) is 87.8 Å². The Kier molecular flexibility index (Phi) is 4.39. The van der Waals surface area contributed by atoms with Gasteiger partial charge in [-0.25, -0.2) is 18.1 Å². The number of hydrogen-bond acceptors (Lipinski definition) is 4. The van der Waals surface area contributed by atoms with Crippen LogP contribution in [0.5, 0.6) is 0 Å². The number of nitrogens with one attached hydrogen (secondary N) is 1. The quantitative estimate of drug-likeness (QED) is 0.912. The Morgan fingerprint density at radius 2 is 2.30 bits per heavy atom. The van der Waals surface area contributed by atoms with Crippen LogP contribution in [0.1, 0.15) is 17.8 Å². The average molecular weight is 351 g/mol. The van der Waals surface area contributed by atoms with Gasteiger partial charge in [-0.15, -0.1) is 0 Å². The molecule has 0 bridgehead atoms. The molecule has 6 nitrogen and oxygen atoms in total. The highest BCUT2D eigenvalue weighted by Gasteiger charge is 2.23. The Balaban J connectivity index is 1.69. The highest BCUT2D eigenvalue weighted by Crippen LogP contribution is 2.23. The summed E-state index contributed by atoms with van der Waals surface area (Å²) in [5.74, 6) is 1.25. The van der Waals surface area contributed by atoms with Crippen molar-refractivity contribution in [3.8, 4) is 6.07 Å². The van der Waals surface area contributed by atoms with Gasteiger partial charge < -0.3 is 4.57 Å². The second-order valence-electron chi connectivity index (χ2n) is 5.51. The van der Waals surface area contributed by atoms with Crippen LogP contribution in [0, 0.1) is 17.2 Å². The molecule has 2 heterocycles. The predicted octanol–water partition coefficient (Wildman–Crippen LogP) is 1.95. The van der Waals surface area contributed by atoms with Crippen molar-refractivity contribution in [2.75, 3.05) is 6.54 Å². The molecule has 1 aliphatic heterocycles. The van der Waals surface area contributed by atoms with Crippen molar-refractivity contribution in [1.82, 2.24) is 14.3 Å². The van der Waals surface area contributed by atoms with Gasteiger partial charge in [0.2, 0.25) is 10.0 Å². The average Bonchev–Trinajstić information content (AvgIpc) is 3.00. The summed E-state index contributed by atoms with van der Waals surface area (Å²) in [6, 6.07) is 6.09. The number of imidazole rings is 1. The van der Waals surface area contributed by atoms with E-state index in [9.17, 15) is 8.42 Å². The van der Waals surface area contributed by atoms with Crippen LogP contribution in [0.2, 0.25) is 5.02 Å². The summed E-state index contributed by atoms with van der Waals surface area (Å²) in [5.41, 5.74) is 0.328. The summed E-state index contributed by atoms with van der Waals surface area (Å²) in [6.07, 6.45) is 5.41. The third-order valence-corrected chi connectivity index (χ3v) is 5.85. The normalized spacial score (nSPS) is 17.5. The number of sulfonamides is 1. The van der Waals surface area contributed by atoms with E-state index in [1.807, 2.05) is 12.3 Å². The molecule has 1 aromatic heterocycles. The number of fused-ring (bicyclic) bond motifs is 1. The van der Waals surface area contributed by atoms with Gasteiger partial charge in [-0.3, -0.25) is 0 Å². The third-order valence-electron chi connectivity index (χ3n) is 3.95. The minimum atomic E-state index is -3.70. The predicted molar refractivity (Wildman–Crippen MR) is 85.4 cm³/mol. The van der Waals surface area contributed by atoms with Crippen LogP contribution in [-0.4, -0.2) is 24.5 Å². The molecule has 120 valence electrons. The molecule has 0 unspecified atom stereocenters. The van der Waals surface area contributed by atoms with E-state index in [2.05, 4.69) is 14.3 Å². The van der Waals surface area contributed by atoms with Crippen LogP contribution in [0.15, 0.2) is 35.5 Å². The zero-order valence-electron chi connectivity index (χ0n) is 12.2. The molecule has 0 saturated carbocycles. The first-order valence-corrected chi connectivity index (χ1v) is 9.05. The molecule has 0 radical (unpaired) electrons. The van der Waals surface area contributed by atoms with E-state index < -0.39 is 10.0 Å². The van der Waals surface area contributed by atoms with Crippen LogP contribution < -0.4 is 4.72 Å². The number of nitriles is 1. The first kappa shape index (κ1) is 16.0. The Morgan fingerprint density at radius 1 is 1.48 bits per heavy atom. The van der Waals surface area contributed by atoms with Crippen molar-refractivity contribution in [2.24, 2.45) is 5.92 Å². The smallest absolute Gasteiger partial charge is 0.242 e. The highest BCUT2D eigenvalue weighted by atomic mass is 35.5. The maximum atomic E-state index is 12.4. The largest absolute Gasteiger partial charge is 0.335 e. The summed E-state index contributed by atoms with van der Waals surface area (Å²) >= 11 is 5.98.